The zero-order valence-corrected chi connectivity index (χ0v) is 33.7. The van der Waals surface area contributed by atoms with Crippen LogP contribution in [0.15, 0.2) is 231 Å². The van der Waals surface area contributed by atoms with Crippen molar-refractivity contribution in [3.63, 3.8) is 0 Å². The van der Waals surface area contributed by atoms with Crippen LogP contribution < -0.4 is 0 Å². The molecule has 290 valence electrons. The number of para-hydroxylation sites is 2. The molecule has 0 atom stereocenters. The molecule has 0 aliphatic heterocycles. The van der Waals surface area contributed by atoms with Crippen LogP contribution in [0, 0.1) is 0 Å². The van der Waals surface area contributed by atoms with Crippen molar-refractivity contribution in [3.05, 3.63) is 231 Å². The molecule has 0 saturated heterocycles. The Bertz CT molecular complexity index is 3550. The topological polar surface area (TPSA) is 35.6 Å². The van der Waals surface area contributed by atoms with Crippen LogP contribution in [0.2, 0.25) is 0 Å². The summed E-state index contributed by atoms with van der Waals surface area (Å²) in [5.41, 5.74) is 16.5. The minimum Gasteiger partial charge on any atom is -0.309 e. The van der Waals surface area contributed by atoms with E-state index < -0.39 is 0 Å². The average molecular weight is 791 g/mol. The summed E-state index contributed by atoms with van der Waals surface area (Å²) < 4.78 is 4.76. The molecule has 0 fully saturated rings. The van der Waals surface area contributed by atoms with Crippen LogP contribution >= 0.6 is 0 Å². The lowest BCUT2D eigenvalue weighted by Crippen LogP contribution is -1.98. The summed E-state index contributed by atoms with van der Waals surface area (Å²) in [6.07, 6.45) is 0. The molecule has 12 rings (SSSR count). The molecule has 62 heavy (non-hydrogen) atoms. The molecule has 0 radical (unpaired) electrons. The molecule has 3 heterocycles. The zero-order chi connectivity index (χ0) is 41.0. The highest BCUT2D eigenvalue weighted by atomic mass is 15.0. The van der Waals surface area contributed by atoms with E-state index in [0.717, 1.165) is 50.5 Å². The van der Waals surface area contributed by atoms with Crippen LogP contribution in [0.1, 0.15) is 0 Å². The van der Waals surface area contributed by atoms with E-state index in [1.54, 1.807) is 0 Å². The van der Waals surface area contributed by atoms with Gasteiger partial charge in [-0.15, -0.1) is 0 Å². The molecular formula is C58H38N4. The van der Waals surface area contributed by atoms with E-state index in [0.29, 0.717) is 5.82 Å². The first-order valence-electron chi connectivity index (χ1n) is 21.1. The molecule has 0 saturated carbocycles. The van der Waals surface area contributed by atoms with E-state index in [2.05, 4.69) is 228 Å². The van der Waals surface area contributed by atoms with Crippen molar-refractivity contribution in [3.8, 4) is 67.5 Å². The number of rotatable bonds is 7. The molecule has 4 heteroatoms. The van der Waals surface area contributed by atoms with Gasteiger partial charge in [0, 0.05) is 49.6 Å². The standard InChI is InChI=1S/C58H38N4/c1-4-15-39(16-5-1)40-27-31-46(32-28-40)61-54-25-12-10-23-48(54)50-36-43(29-33-56(50)61)44-30-34-57-51(37-44)49-24-11-13-26-55(49)62(57)47-22-14-21-45(35-47)58-59-52(41-17-6-2-7-18-41)38-53(60-58)42-19-8-3-9-20-42/h1-38H. The van der Waals surface area contributed by atoms with Gasteiger partial charge in [0.25, 0.3) is 0 Å². The molecule has 0 spiro atoms. The van der Waals surface area contributed by atoms with Gasteiger partial charge in [-0.05, 0) is 89.0 Å². The number of hydrogen-bond donors (Lipinski definition) is 0. The Morgan fingerprint density at radius 2 is 0.661 bits per heavy atom. The maximum absolute atomic E-state index is 5.14. The van der Waals surface area contributed by atoms with Gasteiger partial charge >= 0.3 is 0 Å². The Balaban J connectivity index is 0.958. The number of hydrogen-bond acceptors (Lipinski definition) is 2. The van der Waals surface area contributed by atoms with Gasteiger partial charge < -0.3 is 9.13 Å². The van der Waals surface area contributed by atoms with E-state index in [-0.39, 0.29) is 0 Å². The number of aromatic nitrogens is 4. The van der Waals surface area contributed by atoms with Gasteiger partial charge in [0.1, 0.15) is 0 Å². The fourth-order valence-electron chi connectivity index (χ4n) is 9.17. The fraction of sp³-hybridized carbons (Fsp3) is 0. The third kappa shape index (κ3) is 6.08. The van der Waals surface area contributed by atoms with Crippen molar-refractivity contribution in [2.45, 2.75) is 0 Å². The van der Waals surface area contributed by atoms with Crippen LogP contribution in [0.3, 0.4) is 0 Å². The van der Waals surface area contributed by atoms with Gasteiger partial charge in [0.15, 0.2) is 5.82 Å². The summed E-state index contributed by atoms with van der Waals surface area (Å²) >= 11 is 0. The second-order valence-electron chi connectivity index (χ2n) is 15.8. The Morgan fingerprint density at radius 3 is 1.21 bits per heavy atom. The number of fused-ring (bicyclic) bond motifs is 6. The van der Waals surface area contributed by atoms with E-state index in [4.69, 9.17) is 9.97 Å². The molecule has 12 aromatic rings. The summed E-state index contributed by atoms with van der Waals surface area (Å²) in [5, 5.41) is 4.89. The summed E-state index contributed by atoms with van der Waals surface area (Å²) in [4.78, 5) is 10.3. The Morgan fingerprint density at radius 1 is 0.242 bits per heavy atom. The molecule has 0 aliphatic rings. The van der Waals surface area contributed by atoms with E-state index in [1.807, 2.05) is 12.1 Å². The van der Waals surface area contributed by atoms with Crippen LogP contribution in [0.25, 0.3) is 111 Å². The molecule has 0 bridgehead atoms. The minimum atomic E-state index is 0.691. The van der Waals surface area contributed by atoms with Gasteiger partial charge in [0.05, 0.1) is 33.5 Å². The molecule has 3 aromatic heterocycles. The Kier molecular flexibility index (Phi) is 8.46. The molecule has 9 aromatic carbocycles. The molecule has 0 aliphatic carbocycles. The monoisotopic (exact) mass is 790 g/mol. The first-order valence-corrected chi connectivity index (χ1v) is 21.1. The smallest absolute Gasteiger partial charge is 0.160 e. The predicted molar refractivity (Wildman–Crippen MR) is 258 cm³/mol. The molecular weight excluding hydrogens is 753 g/mol. The number of nitrogens with zero attached hydrogens (tertiary/aromatic N) is 4. The molecule has 4 nitrogen and oxygen atoms in total. The van der Waals surface area contributed by atoms with Crippen molar-refractivity contribution < 1.29 is 0 Å². The van der Waals surface area contributed by atoms with E-state index in [1.165, 1.54) is 54.8 Å². The largest absolute Gasteiger partial charge is 0.309 e. The van der Waals surface area contributed by atoms with Gasteiger partial charge in [-0.3, -0.25) is 0 Å². The molecule has 0 N–H and O–H groups in total. The van der Waals surface area contributed by atoms with Crippen LogP contribution in [-0.4, -0.2) is 19.1 Å². The first-order chi connectivity index (χ1) is 30.7. The minimum absolute atomic E-state index is 0.691. The fourth-order valence-corrected chi connectivity index (χ4v) is 9.17. The quantitative estimate of drug-likeness (QED) is 0.161. The summed E-state index contributed by atoms with van der Waals surface area (Å²) in [5.74, 6) is 0.691. The van der Waals surface area contributed by atoms with Gasteiger partial charge in [-0.25, -0.2) is 9.97 Å². The second kappa shape index (κ2) is 14.7. The van der Waals surface area contributed by atoms with Crippen LogP contribution in [0.4, 0.5) is 0 Å². The van der Waals surface area contributed by atoms with Gasteiger partial charge in [-0.2, -0.15) is 0 Å². The Labute approximate surface area is 359 Å². The summed E-state index contributed by atoms with van der Waals surface area (Å²) in [6, 6.07) is 82.2. The SMILES string of the molecule is c1ccc(-c2ccc(-n3c4ccccc4c4cc(-c5ccc6c(c5)c5ccccc5n6-c5cccc(-c6nc(-c7ccccc7)cc(-c7ccccc7)n6)c5)ccc43)cc2)cc1. The van der Waals surface area contributed by atoms with Crippen LogP contribution in [-0.2, 0) is 0 Å². The zero-order valence-electron chi connectivity index (χ0n) is 33.7. The lowest BCUT2D eigenvalue weighted by Gasteiger charge is -2.12. The highest BCUT2D eigenvalue weighted by molar-refractivity contribution is 6.12. The lowest BCUT2D eigenvalue weighted by atomic mass is 10.0. The van der Waals surface area contributed by atoms with Gasteiger partial charge in [0.2, 0.25) is 0 Å². The van der Waals surface area contributed by atoms with Crippen molar-refractivity contribution in [2.75, 3.05) is 0 Å². The molecule has 0 unspecified atom stereocenters. The maximum Gasteiger partial charge on any atom is 0.160 e. The maximum atomic E-state index is 5.14. The first kappa shape index (κ1) is 35.6. The molecule has 0 amide bonds. The lowest BCUT2D eigenvalue weighted by molar-refractivity contribution is 1.16. The van der Waals surface area contributed by atoms with E-state index in [9.17, 15) is 0 Å². The van der Waals surface area contributed by atoms with Gasteiger partial charge in [-0.1, -0.05) is 164 Å². The third-order valence-electron chi connectivity index (χ3n) is 12.1. The van der Waals surface area contributed by atoms with Crippen molar-refractivity contribution in [1.82, 2.24) is 19.1 Å². The average Bonchev–Trinajstić information content (AvgIpc) is 3.87. The summed E-state index contributed by atoms with van der Waals surface area (Å²) in [6.45, 7) is 0. The highest BCUT2D eigenvalue weighted by Crippen LogP contribution is 2.39. The van der Waals surface area contributed by atoms with Crippen molar-refractivity contribution in [1.29, 1.82) is 0 Å². The van der Waals surface area contributed by atoms with Crippen molar-refractivity contribution in [2.24, 2.45) is 0 Å². The predicted octanol–water partition coefficient (Wildman–Crippen LogP) is 15.0. The number of benzene rings is 9. The Hall–Kier alpha value is -8.34. The van der Waals surface area contributed by atoms with E-state index >= 15 is 0 Å². The second-order valence-corrected chi connectivity index (χ2v) is 15.8. The third-order valence-corrected chi connectivity index (χ3v) is 12.1. The normalized spacial score (nSPS) is 11.5. The highest BCUT2D eigenvalue weighted by Gasteiger charge is 2.18. The van der Waals surface area contributed by atoms with Crippen molar-refractivity contribution >= 4 is 43.6 Å². The van der Waals surface area contributed by atoms with Crippen LogP contribution in [0.5, 0.6) is 0 Å². The summed E-state index contributed by atoms with van der Waals surface area (Å²) in [7, 11) is 0.